The molecule has 0 rings (SSSR count). The number of alkyl halides is 1. The summed E-state index contributed by atoms with van der Waals surface area (Å²) in [6, 6.07) is 0. The molecule has 2 nitrogen and oxygen atoms in total. The minimum absolute atomic E-state index is 0.423. The van der Waals surface area contributed by atoms with Crippen LogP contribution < -0.4 is 5.73 Å². The van der Waals surface area contributed by atoms with Crippen LogP contribution in [0.4, 0.5) is 0 Å². The van der Waals surface area contributed by atoms with Crippen molar-refractivity contribution in [2.75, 3.05) is 0 Å². The van der Waals surface area contributed by atoms with Crippen molar-refractivity contribution >= 4 is 17.5 Å². The average molecular weight is 136 g/mol. The molecule has 0 radical (unpaired) electrons. The van der Waals surface area contributed by atoms with Crippen molar-refractivity contribution in [2.24, 2.45) is 5.73 Å². The van der Waals surface area contributed by atoms with Gasteiger partial charge in [0, 0.05) is 0 Å². The van der Waals surface area contributed by atoms with E-state index in [0.717, 1.165) is 6.42 Å². The highest BCUT2D eigenvalue weighted by molar-refractivity contribution is 6.30. The number of nitrogens with two attached hydrogens (primary N) is 1. The molecule has 0 heterocycles. The van der Waals surface area contributed by atoms with Gasteiger partial charge in [0.2, 0.25) is 5.91 Å². The van der Waals surface area contributed by atoms with Crippen LogP contribution in [-0.4, -0.2) is 11.3 Å². The first-order chi connectivity index (χ1) is 3.68. The van der Waals surface area contributed by atoms with Crippen molar-refractivity contribution in [3.05, 3.63) is 0 Å². The summed E-state index contributed by atoms with van der Waals surface area (Å²) in [5, 5.41) is -0.472. The van der Waals surface area contributed by atoms with Crippen molar-refractivity contribution < 1.29 is 4.79 Å². The van der Waals surface area contributed by atoms with Crippen LogP contribution in [-0.2, 0) is 4.79 Å². The fourth-order valence-corrected chi connectivity index (χ4v) is 0.614. The van der Waals surface area contributed by atoms with Crippen molar-refractivity contribution in [1.29, 1.82) is 0 Å². The van der Waals surface area contributed by atoms with Crippen molar-refractivity contribution in [3.8, 4) is 0 Å². The highest BCUT2D eigenvalue weighted by Gasteiger charge is 2.07. The number of hydrogen-bond acceptors (Lipinski definition) is 1. The lowest BCUT2D eigenvalue weighted by Crippen LogP contribution is -2.22. The van der Waals surface area contributed by atoms with Crippen LogP contribution in [0.15, 0.2) is 0 Å². The van der Waals surface area contributed by atoms with Gasteiger partial charge in [0.25, 0.3) is 0 Å². The first kappa shape index (κ1) is 7.76. The van der Waals surface area contributed by atoms with Crippen LogP contribution >= 0.6 is 11.6 Å². The summed E-state index contributed by atoms with van der Waals surface area (Å²) in [5.41, 5.74) is 4.85. The first-order valence-electron chi connectivity index (χ1n) is 2.62. The van der Waals surface area contributed by atoms with Gasteiger partial charge in [-0.2, -0.15) is 0 Å². The maximum Gasteiger partial charge on any atom is 0.235 e. The van der Waals surface area contributed by atoms with Crippen molar-refractivity contribution in [2.45, 2.75) is 25.1 Å². The number of hydrogen-bond donors (Lipinski definition) is 1. The molecule has 1 atom stereocenters. The maximum atomic E-state index is 10.2. The molecule has 3 heteroatoms. The molecular weight excluding hydrogens is 126 g/mol. The molecular formula is C5H10ClNO. The Morgan fingerprint density at radius 2 is 2.38 bits per heavy atom. The molecule has 0 aliphatic heterocycles. The largest absolute Gasteiger partial charge is 0.368 e. The van der Waals surface area contributed by atoms with Gasteiger partial charge in [-0.15, -0.1) is 11.6 Å². The smallest absolute Gasteiger partial charge is 0.235 e. The Bertz CT molecular complexity index is 84.5. The lowest BCUT2D eigenvalue weighted by molar-refractivity contribution is -0.117. The van der Waals surface area contributed by atoms with Gasteiger partial charge < -0.3 is 5.73 Å². The number of halogens is 1. The van der Waals surface area contributed by atoms with Crippen LogP contribution in [0.3, 0.4) is 0 Å². The molecule has 0 bridgehead atoms. The maximum absolute atomic E-state index is 10.2. The predicted octanol–water partition coefficient (Wildman–Crippen LogP) is 0.879. The third-order valence-corrected chi connectivity index (χ3v) is 1.28. The fraction of sp³-hybridized carbons (Fsp3) is 0.800. The Labute approximate surface area is 54.0 Å². The predicted molar refractivity (Wildman–Crippen MR) is 33.7 cm³/mol. The van der Waals surface area contributed by atoms with Gasteiger partial charge >= 0.3 is 0 Å². The molecule has 0 fully saturated rings. The number of amides is 1. The van der Waals surface area contributed by atoms with E-state index in [-0.39, 0.29) is 0 Å². The highest BCUT2D eigenvalue weighted by atomic mass is 35.5. The van der Waals surface area contributed by atoms with Gasteiger partial charge in [0.05, 0.1) is 0 Å². The van der Waals surface area contributed by atoms with E-state index in [1.165, 1.54) is 0 Å². The Hall–Kier alpha value is -0.240. The minimum atomic E-state index is -0.472. The molecule has 1 unspecified atom stereocenters. The molecule has 0 aromatic heterocycles. The van der Waals surface area contributed by atoms with Crippen LogP contribution in [0.5, 0.6) is 0 Å². The third kappa shape index (κ3) is 2.86. The summed E-state index contributed by atoms with van der Waals surface area (Å²) in [7, 11) is 0. The highest BCUT2D eigenvalue weighted by Crippen LogP contribution is 2.02. The Morgan fingerprint density at radius 1 is 1.88 bits per heavy atom. The van der Waals surface area contributed by atoms with Crippen LogP contribution in [0, 0.1) is 0 Å². The van der Waals surface area contributed by atoms with Crippen LogP contribution in [0.2, 0.25) is 0 Å². The number of primary amides is 1. The Balaban J connectivity index is 3.32. The van der Waals surface area contributed by atoms with E-state index in [9.17, 15) is 4.79 Å². The van der Waals surface area contributed by atoms with Crippen LogP contribution in [0.25, 0.3) is 0 Å². The second-order valence-electron chi connectivity index (χ2n) is 1.66. The van der Waals surface area contributed by atoms with Gasteiger partial charge in [-0.25, -0.2) is 0 Å². The zero-order valence-corrected chi connectivity index (χ0v) is 5.61. The van der Waals surface area contributed by atoms with E-state index >= 15 is 0 Å². The molecule has 0 aromatic rings. The molecule has 0 aliphatic rings. The number of carbonyl (C=O) groups is 1. The van der Waals surface area contributed by atoms with Crippen LogP contribution in [0.1, 0.15) is 19.8 Å². The zero-order valence-electron chi connectivity index (χ0n) is 4.86. The molecule has 8 heavy (non-hydrogen) atoms. The molecule has 0 aliphatic carbocycles. The molecule has 0 saturated carbocycles. The minimum Gasteiger partial charge on any atom is -0.368 e. The third-order valence-electron chi connectivity index (χ3n) is 0.851. The lowest BCUT2D eigenvalue weighted by atomic mass is 10.2. The molecule has 1 amide bonds. The standard InChI is InChI=1S/C5H10ClNO/c1-2-3-4(6)5(7)8/h4H,2-3H2,1H3,(H2,7,8). The fourth-order valence-electron chi connectivity index (χ4n) is 0.396. The topological polar surface area (TPSA) is 43.1 Å². The molecule has 0 aromatic carbocycles. The van der Waals surface area contributed by atoms with Gasteiger partial charge in [0.1, 0.15) is 5.38 Å². The Morgan fingerprint density at radius 3 is 2.50 bits per heavy atom. The molecule has 48 valence electrons. The second kappa shape index (κ2) is 3.72. The van der Waals surface area contributed by atoms with Crippen molar-refractivity contribution in [3.63, 3.8) is 0 Å². The second-order valence-corrected chi connectivity index (χ2v) is 2.19. The van der Waals surface area contributed by atoms with Gasteiger partial charge in [-0.3, -0.25) is 4.79 Å². The monoisotopic (exact) mass is 135 g/mol. The average Bonchev–Trinajstić information content (AvgIpc) is 1.67. The quantitative estimate of drug-likeness (QED) is 0.574. The van der Waals surface area contributed by atoms with E-state index < -0.39 is 11.3 Å². The van der Waals surface area contributed by atoms with E-state index in [0.29, 0.717) is 6.42 Å². The molecule has 2 N–H and O–H groups in total. The molecule has 0 spiro atoms. The van der Waals surface area contributed by atoms with E-state index in [2.05, 4.69) is 0 Å². The zero-order chi connectivity index (χ0) is 6.57. The Kier molecular flexibility index (Phi) is 3.61. The normalized spacial score (nSPS) is 13.2. The van der Waals surface area contributed by atoms with E-state index in [4.69, 9.17) is 17.3 Å². The summed E-state index contributed by atoms with van der Waals surface area (Å²) in [6.45, 7) is 1.96. The van der Waals surface area contributed by atoms with E-state index in [1.54, 1.807) is 0 Å². The summed E-state index contributed by atoms with van der Waals surface area (Å²) in [5.74, 6) is -0.423. The summed E-state index contributed by atoms with van der Waals surface area (Å²) >= 11 is 5.44. The summed E-state index contributed by atoms with van der Waals surface area (Å²) in [6.07, 6.45) is 1.58. The van der Waals surface area contributed by atoms with Crippen molar-refractivity contribution in [1.82, 2.24) is 0 Å². The summed E-state index contributed by atoms with van der Waals surface area (Å²) in [4.78, 5) is 10.2. The van der Waals surface area contributed by atoms with Gasteiger partial charge in [0.15, 0.2) is 0 Å². The number of rotatable bonds is 3. The van der Waals surface area contributed by atoms with E-state index in [1.807, 2.05) is 6.92 Å². The SMILES string of the molecule is CCCC(Cl)C(N)=O. The first-order valence-corrected chi connectivity index (χ1v) is 3.05. The number of carbonyl (C=O) groups excluding carboxylic acids is 1. The summed E-state index contributed by atoms with van der Waals surface area (Å²) < 4.78 is 0. The van der Waals surface area contributed by atoms with Gasteiger partial charge in [-0.1, -0.05) is 13.3 Å². The van der Waals surface area contributed by atoms with Gasteiger partial charge in [-0.05, 0) is 6.42 Å². The lowest BCUT2D eigenvalue weighted by Gasteiger charge is -1.98. The molecule has 0 saturated heterocycles.